The largest absolute Gasteiger partial charge is 0.353 e. The lowest BCUT2D eigenvalue weighted by atomic mass is 9.97. The Morgan fingerprint density at radius 1 is 1.18 bits per heavy atom. The van der Waals surface area contributed by atoms with Gasteiger partial charge in [-0.2, -0.15) is 4.98 Å². The van der Waals surface area contributed by atoms with Crippen LogP contribution in [0.5, 0.6) is 0 Å². The third-order valence-electron chi connectivity index (χ3n) is 6.01. The van der Waals surface area contributed by atoms with Crippen molar-refractivity contribution in [2.24, 2.45) is 5.92 Å². The summed E-state index contributed by atoms with van der Waals surface area (Å²) >= 11 is 1.27. The number of nitrogens with one attached hydrogen (secondary N) is 2. The van der Waals surface area contributed by atoms with Crippen molar-refractivity contribution in [3.8, 4) is 0 Å². The lowest BCUT2D eigenvalue weighted by Gasteiger charge is -2.31. The van der Waals surface area contributed by atoms with Crippen molar-refractivity contribution >= 4 is 44.3 Å². The highest BCUT2D eigenvalue weighted by Gasteiger charge is 2.31. The Balaban J connectivity index is 1.29. The second-order valence-corrected chi connectivity index (χ2v) is 9.79. The normalized spacial score (nSPS) is 18.3. The molecule has 1 aliphatic heterocycles. The van der Waals surface area contributed by atoms with Gasteiger partial charge in [0.05, 0.1) is 5.92 Å². The van der Waals surface area contributed by atoms with Gasteiger partial charge in [0, 0.05) is 24.8 Å². The van der Waals surface area contributed by atoms with E-state index < -0.39 is 0 Å². The van der Waals surface area contributed by atoms with Crippen molar-refractivity contribution < 1.29 is 9.59 Å². The Hall–Kier alpha value is -3.27. The smallest absolute Gasteiger partial charge is 0.273 e. The Morgan fingerprint density at radius 2 is 1.97 bits per heavy atom. The van der Waals surface area contributed by atoms with Gasteiger partial charge in [0.1, 0.15) is 17.6 Å². The number of hydrogen-bond acceptors (Lipinski definition) is 7. The van der Waals surface area contributed by atoms with E-state index >= 15 is 0 Å². The molecule has 0 spiro atoms. The molecule has 5 rings (SSSR count). The van der Waals surface area contributed by atoms with Crippen LogP contribution in [-0.4, -0.2) is 45.5 Å². The molecular formula is C23H26N6O3S. The highest BCUT2D eigenvalue weighted by Crippen LogP contribution is 2.30. The summed E-state index contributed by atoms with van der Waals surface area (Å²) in [5.74, 6) is -0.253. The third kappa shape index (κ3) is 4.90. The Bertz CT molecular complexity index is 1250. The molecule has 1 saturated heterocycles. The number of carbonyl (C=O) groups excluding carboxylic acids is 2. The quantitative estimate of drug-likeness (QED) is 0.577. The number of carbonyl (C=O) groups is 2. The average Bonchev–Trinajstić information content (AvgIpc) is 3.51. The highest BCUT2D eigenvalue weighted by molar-refractivity contribution is 7.22. The molecule has 3 aromatic rings. The van der Waals surface area contributed by atoms with Crippen LogP contribution in [0.3, 0.4) is 0 Å². The van der Waals surface area contributed by atoms with Gasteiger partial charge in [0.2, 0.25) is 11.8 Å². The maximum atomic E-state index is 13.0. The van der Waals surface area contributed by atoms with E-state index in [1.807, 2.05) is 31.2 Å². The molecule has 2 aromatic heterocycles. The van der Waals surface area contributed by atoms with Crippen molar-refractivity contribution in [3.63, 3.8) is 0 Å². The lowest BCUT2D eigenvalue weighted by Crippen LogP contribution is -2.43. The molecule has 3 heterocycles. The van der Waals surface area contributed by atoms with E-state index in [4.69, 9.17) is 0 Å². The fourth-order valence-corrected chi connectivity index (χ4v) is 4.99. The molecule has 2 fully saturated rings. The molecule has 0 bridgehead atoms. The first-order valence-electron chi connectivity index (χ1n) is 11.2. The molecule has 172 valence electrons. The summed E-state index contributed by atoms with van der Waals surface area (Å²) in [7, 11) is 0. The van der Waals surface area contributed by atoms with Gasteiger partial charge in [-0.1, -0.05) is 29.0 Å². The number of aromatic nitrogens is 3. The number of anilines is 2. The van der Waals surface area contributed by atoms with Crippen LogP contribution in [0, 0.1) is 12.8 Å². The van der Waals surface area contributed by atoms with E-state index in [-0.39, 0.29) is 29.8 Å². The summed E-state index contributed by atoms with van der Waals surface area (Å²) < 4.78 is 1.72. The molecule has 1 aromatic carbocycles. The number of aryl methyl sites for hydroxylation is 1. The zero-order chi connectivity index (χ0) is 22.9. The van der Waals surface area contributed by atoms with Gasteiger partial charge in [0.25, 0.3) is 5.56 Å². The van der Waals surface area contributed by atoms with E-state index in [2.05, 4.69) is 25.5 Å². The second-order valence-electron chi connectivity index (χ2n) is 8.81. The monoisotopic (exact) mass is 466 g/mol. The van der Waals surface area contributed by atoms with E-state index in [0.717, 1.165) is 37.8 Å². The minimum atomic E-state index is -0.299. The number of fused-ring (bicyclic) bond motifs is 1. The Labute approximate surface area is 194 Å². The first kappa shape index (κ1) is 21.6. The van der Waals surface area contributed by atoms with Crippen LogP contribution in [0.2, 0.25) is 0 Å². The van der Waals surface area contributed by atoms with Gasteiger partial charge < -0.3 is 15.5 Å². The molecule has 1 saturated carbocycles. The van der Waals surface area contributed by atoms with Crippen LogP contribution in [0.15, 0.2) is 35.4 Å². The topological polar surface area (TPSA) is 109 Å². The van der Waals surface area contributed by atoms with Crippen LogP contribution in [0.4, 0.5) is 10.8 Å². The van der Waals surface area contributed by atoms with Crippen LogP contribution in [0.1, 0.15) is 31.2 Å². The van der Waals surface area contributed by atoms with E-state index in [1.165, 1.54) is 22.2 Å². The summed E-state index contributed by atoms with van der Waals surface area (Å²) in [5.41, 5.74) is 1.86. The summed E-state index contributed by atoms with van der Waals surface area (Å²) in [6, 6.07) is 7.82. The number of thiazole rings is 1. The molecule has 2 amide bonds. The average molecular weight is 467 g/mol. The highest BCUT2D eigenvalue weighted by atomic mass is 32.1. The number of nitrogens with zero attached hydrogens (tertiary/aromatic N) is 4. The van der Waals surface area contributed by atoms with E-state index in [1.54, 1.807) is 0 Å². The van der Waals surface area contributed by atoms with Gasteiger partial charge in [-0.25, -0.2) is 4.98 Å². The zero-order valence-corrected chi connectivity index (χ0v) is 19.2. The number of piperidine rings is 1. The van der Waals surface area contributed by atoms with Gasteiger partial charge in [-0.05, 0) is 44.7 Å². The van der Waals surface area contributed by atoms with Crippen molar-refractivity contribution in [1.82, 2.24) is 19.9 Å². The van der Waals surface area contributed by atoms with E-state index in [9.17, 15) is 14.4 Å². The van der Waals surface area contributed by atoms with Gasteiger partial charge >= 0.3 is 0 Å². The van der Waals surface area contributed by atoms with Crippen LogP contribution >= 0.6 is 11.3 Å². The Kier molecular flexibility index (Phi) is 5.84. The summed E-state index contributed by atoms with van der Waals surface area (Å²) in [6.45, 7) is 3.23. The predicted molar refractivity (Wildman–Crippen MR) is 128 cm³/mol. The third-order valence-corrected chi connectivity index (χ3v) is 7.10. The SMILES string of the molecule is Cc1ccc(NC(=O)Cn2cnc3nc(N4CCC[C@H](C(=O)NC5CC5)C4)sc3c2=O)cc1. The van der Waals surface area contributed by atoms with Crippen molar-refractivity contribution in [3.05, 3.63) is 46.5 Å². The van der Waals surface area contributed by atoms with Crippen molar-refractivity contribution in [2.45, 2.75) is 45.2 Å². The fraction of sp³-hybridized carbons (Fsp3) is 0.435. The Morgan fingerprint density at radius 3 is 2.73 bits per heavy atom. The van der Waals surface area contributed by atoms with Crippen LogP contribution in [0.25, 0.3) is 10.3 Å². The molecule has 2 N–H and O–H groups in total. The second kappa shape index (κ2) is 8.93. The van der Waals surface area contributed by atoms with Gasteiger partial charge in [0.15, 0.2) is 10.8 Å². The van der Waals surface area contributed by atoms with Gasteiger partial charge in [-0.15, -0.1) is 0 Å². The van der Waals surface area contributed by atoms with Crippen LogP contribution in [-0.2, 0) is 16.1 Å². The zero-order valence-electron chi connectivity index (χ0n) is 18.4. The molecule has 0 unspecified atom stereocenters. The number of rotatable bonds is 6. The molecule has 1 atom stereocenters. The summed E-state index contributed by atoms with van der Waals surface area (Å²) in [6.07, 6.45) is 5.27. The standard InChI is InChI=1S/C23H26N6O3S/c1-14-4-6-16(7-5-14)25-18(30)12-29-13-24-20-19(22(29)32)33-23(27-20)28-10-2-3-15(11-28)21(31)26-17-8-9-17/h4-7,13,15,17H,2-3,8-12H2,1H3,(H,25,30)(H,26,31)/t15-/m0/s1. The fourth-order valence-electron chi connectivity index (χ4n) is 3.99. The number of hydrogen-bond donors (Lipinski definition) is 2. The summed E-state index contributed by atoms with van der Waals surface area (Å²) in [4.78, 5) is 48.8. The minimum Gasteiger partial charge on any atom is -0.353 e. The number of amides is 2. The van der Waals surface area contributed by atoms with Crippen LogP contribution < -0.4 is 21.1 Å². The molecule has 9 nitrogen and oxygen atoms in total. The lowest BCUT2D eigenvalue weighted by molar-refractivity contribution is -0.125. The molecule has 1 aliphatic carbocycles. The van der Waals surface area contributed by atoms with Crippen molar-refractivity contribution in [2.75, 3.05) is 23.3 Å². The minimum absolute atomic E-state index is 0.0681. The molecular weight excluding hydrogens is 440 g/mol. The summed E-state index contributed by atoms with van der Waals surface area (Å²) in [5, 5.41) is 6.58. The molecule has 33 heavy (non-hydrogen) atoms. The molecule has 0 radical (unpaired) electrons. The maximum absolute atomic E-state index is 13.0. The predicted octanol–water partition coefficient (Wildman–Crippen LogP) is 2.30. The van der Waals surface area contributed by atoms with Crippen molar-refractivity contribution in [1.29, 1.82) is 0 Å². The number of benzene rings is 1. The first-order valence-corrected chi connectivity index (χ1v) is 12.1. The molecule has 10 heteroatoms. The molecule has 2 aliphatic rings. The van der Waals surface area contributed by atoms with Gasteiger partial charge in [-0.3, -0.25) is 19.0 Å². The first-order chi connectivity index (χ1) is 16.0. The maximum Gasteiger partial charge on any atom is 0.273 e. The van der Waals surface area contributed by atoms with E-state index in [0.29, 0.717) is 33.8 Å².